The van der Waals surface area contributed by atoms with Crippen LogP contribution in [0.5, 0.6) is 5.75 Å². The summed E-state index contributed by atoms with van der Waals surface area (Å²) in [5.41, 5.74) is 0.635. The molecule has 2 atom stereocenters. The van der Waals surface area contributed by atoms with Crippen molar-refractivity contribution in [2.45, 2.75) is 32.8 Å². The topological polar surface area (TPSA) is 55.8 Å². The lowest BCUT2D eigenvalue weighted by Crippen LogP contribution is -2.25. The average molecular weight is 345 g/mol. The van der Waals surface area contributed by atoms with Crippen LogP contribution in [0.3, 0.4) is 0 Å². The summed E-state index contributed by atoms with van der Waals surface area (Å²) in [6.45, 7) is 4.04. The van der Waals surface area contributed by atoms with Gasteiger partial charge in [-0.15, -0.1) is 0 Å². The van der Waals surface area contributed by atoms with Gasteiger partial charge in [0, 0.05) is 4.47 Å². The number of esters is 1. The van der Waals surface area contributed by atoms with E-state index < -0.39 is 12.0 Å². The Bertz CT molecular complexity index is 447. The molecule has 0 saturated heterocycles. The average Bonchev–Trinajstić information content (AvgIpc) is 2.44. The van der Waals surface area contributed by atoms with Gasteiger partial charge >= 0.3 is 5.97 Å². The number of carbonyl (C=O) groups excluding carboxylic acids is 1. The highest BCUT2D eigenvalue weighted by atomic mass is 79.9. The predicted octanol–water partition coefficient (Wildman–Crippen LogP) is 3.47. The fraction of sp³-hybridized carbons (Fsp3) is 0.533. The molecule has 0 heterocycles. The molecule has 1 rings (SSSR count). The van der Waals surface area contributed by atoms with Gasteiger partial charge in [-0.3, -0.25) is 4.79 Å². The van der Waals surface area contributed by atoms with Crippen molar-refractivity contribution in [1.82, 2.24) is 0 Å². The van der Waals surface area contributed by atoms with Gasteiger partial charge in [-0.25, -0.2) is 0 Å². The van der Waals surface area contributed by atoms with E-state index in [4.69, 9.17) is 9.47 Å². The first kappa shape index (κ1) is 17.0. The van der Waals surface area contributed by atoms with E-state index in [1.807, 2.05) is 6.92 Å². The van der Waals surface area contributed by atoms with Crippen molar-refractivity contribution < 1.29 is 19.4 Å². The van der Waals surface area contributed by atoms with Gasteiger partial charge in [-0.1, -0.05) is 29.3 Å². The van der Waals surface area contributed by atoms with Crippen LogP contribution >= 0.6 is 15.9 Å². The number of aliphatic hydroxyl groups excluding tert-OH is 1. The summed E-state index contributed by atoms with van der Waals surface area (Å²) in [6.07, 6.45) is 0.449. The van der Waals surface area contributed by atoms with Crippen LogP contribution in [0.2, 0.25) is 0 Å². The number of carbonyl (C=O) groups is 1. The second-order valence-electron chi connectivity index (χ2n) is 4.48. The van der Waals surface area contributed by atoms with Crippen molar-refractivity contribution in [2.75, 3.05) is 13.7 Å². The molecule has 4 nitrogen and oxygen atoms in total. The van der Waals surface area contributed by atoms with Crippen LogP contribution in [-0.4, -0.2) is 24.8 Å². The number of aliphatic hydroxyl groups is 1. The van der Waals surface area contributed by atoms with Crippen molar-refractivity contribution in [3.8, 4) is 5.75 Å². The molecule has 0 saturated carbocycles. The van der Waals surface area contributed by atoms with Gasteiger partial charge in [-0.05, 0) is 37.1 Å². The van der Waals surface area contributed by atoms with Crippen LogP contribution in [0, 0.1) is 5.92 Å². The van der Waals surface area contributed by atoms with E-state index in [2.05, 4.69) is 15.9 Å². The summed E-state index contributed by atoms with van der Waals surface area (Å²) >= 11 is 3.40. The highest BCUT2D eigenvalue weighted by Crippen LogP contribution is 2.34. The van der Waals surface area contributed by atoms with Gasteiger partial charge in [0.1, 0.15) is 5.75 Å². The van der Waals surface area contributed by atoms with Crippen LogP contribution in [0.4, 0.5) is 0 Å². The normalized spacial score (nSPS) is 13.7. The van der Waals surface area contributed by atoms with Crippen LogP contribution in [-0.2, 0) is 9.53 Å². The second-order valence-corrected chi connectivity index (χ2v) is 5.33. The molecule has 1 N–H and O–H groups in total. The summed E-state index contributed by atoms with van der Waals surface area (Å²) in [6, 6.07) is 5.32. The molecule has 1 aromatic carbocycles. The van der Waals surface area contributed by atoms with Gasteiger partial charge in [-0.2, -0.15) is 0 Å². The van der Waals surface area contributed by atoms with Crippen LogP contribution < -0.4 is 4.74 Å². The highest BCUT2D eigenvalue weighted by molar-refractivity contribution is 9.10. The molecule has 0 spiro atoms. The smallest absolute Gasteiger partial charge is 0.311 e. The van der Waals surface area contributed by atoms with Crippen molar-refractivity contribution in [1.29, 1.82) is 0 Å². The van der Waals surface area contributed by atoms with Gasteiger partial charge in [0.15, 0.2) is 0 Å². The molecule has 0 aliphatic carbocycles. The Morgan fingerprint density at radius 3 is 2.65 bits per heavy atom. The van der Waals surface area contributed by atoms with E-state index in [1.165, 1.54) is 0 Å². The third kappa shape index (κ3) is 4.21. The van der Waals surface area contributed by atoms with Crippen molar-refractivity contribution in [3.63, 3.8) is 0 Å². The molecule has 0 amide bonds. The first-order chi connectivity index (χ1) is 9.54. The maximum absolute atomic E-state index is 12.0. The zero-order valence-electron chi connectivity index (χ0n) is 12.1. The van der Waals surface area contributed by atoms with E-state index in [0.29, 0.717) is 24.3 Å². The van der Waals surface area contributed by atoms with Crippen molar-refractivity contribution in [2.24, 2.45) is 5.92 Å². The van der Waals surface area contributed by atoms with Crippen molar-refractivity contribution in [3.05, 3.63) is 28.2 Å². The molecule has 0 fully saturated rings. The summed E-state index contributed by atoms with van der Waals surface area (Å²) in [4.78, 5) is 12.0. The molecule has 0 radical (unpaired) electrons. The molecular weight excluding hydrogens is 324 g/mol. The standard InChI is InChI=1S/C15H21BrO4/c1-4-6-11(15(18)20-5-2)14(17)12-9-10(19-3)7-8-13(12)16/h7-9,11,14,17H,4-6H2,1-3H3. The van der Waals surface area contributed by atoms with E-state index in [-0.39, 0.29) is 5.97 Å². The van der Waals surface area contributed by atoms with Crippen LogP contribution in [0.25, 0.3) is 0 Å². The third-order valence-corrected chi connectivity index (χ3v) is 3.81. The summed E-state index contributed by atoms with van der Waals surface area (Å²) < 4.78 is 11.0. The lowest BCUT2D eigenvalue weighted by molar-refractivity contribution is -0.152. The van der Waals surface area contributed by atoms with E-state index >= 15 is 0 Å². The van der Waals surface area contributed by atoms with Gasteiger partial charge in [0.25, 0.3) is 0 Å². The van der Waals surface area contributed by atoms with Gasteiger partial charge in [0.05, 0.1) is 25.7 Å². The third-order valence-electron chi connectivity index (χ3n) is 3.09. The maximum atomic E-state index is 12.0. The Hall–Kier alpha value is -1.07. The predicted molar refractivity (Wildman–Crippen MR) is 80.7 cm³/mol. The summed E-state index contributed by atoms with van der Waals surface area (Å²) in [7, 11) is 1.56. The first-order valence-corrected chi connectivity index (χ1v) is 7.52. The molecule has 0 aliphatic rings. The fourth-order valence-corrected chi connectivity index (χ4v) is 2.54. The molecule has 20 heavy (non-hydrogen) atoms. The number of rotatable bonds is 7. The number of halogens is 1. The lowest BCUT2D eigenvalue weighted by Gasteiger charge is -2.22. The Labute approximate surface area is 128 Å². The zero-order valence-corrected chi connectivity index (χ0v) is 13.6. The van der Waals surface area contributed by atoms with Gasteiger partial charge in [0.2, 0.25) is 0 Å². The molecule has 1 aromatic rings. The molecule has 0 aliphatic heterocycles. The van der Waals surface area contributed by atoms with Crippen molar-refractivity contribution >= 4 is 21.9 Å². The highest BCUT2D eigenvalue weighted by Gasteiger charge is 2.30. The minimum atomic E-state index is -0.918. The lowest BCUT2D eigenvalue weighted by atomic mass is 9.92. The molecule has 2 unspecified atom stereocenters. The number of benzene rings is 1. The van der Waals surface area contributed by atoms with Gasteiger partial charge < -0.3 is 14.6 Å². The molecule has 5 heteroatoms. The summed E-state index contributed by atoms with van der Waals surface area (Å²) in [5.74, 6) is -0.290. The molecule has 0 bridgehead atoms. The largest absolute Gasteiger partial charge is 0.497 e. The molecular formula is C15H21BrO4. The Morgan fingerprint density at radius 1 is 1.40 bits per heavy atom. The second kappa shape index (κ2) is 8.27. The number of hydrogen-bond donors (Lipinski definition) is 1. The first-order valence-electron chi connectivity index (χ1n) is 6.73. The van der Waals surface area contributed by atoms with E-state index in [0.717, 1.165) is 10.9 Å². The molecule has 112 valence electrons. The Kier molecular flexibility index (Phi) is 7.02. The monoisotopic (exact) mass is 344 g/mol. The Balaban J connectivity index is 3.04. The fourth-order valence-electron chi connectivity index (χ4n) is 2.06. The van der Waals surface area contributed by atoms with E-state index in [1.54, 1.807) is 32.2 Å². The maximum Gasteiger partial charge on any atom is 0.311 e. The minimum absolute atomic E-state index is 0.311. The zero-order chi connectivity index (χ0) is 15.1. The minimum Gasteiger partial charge on any atom is -0.497 e. The quantitative estimate of drug-likeness (QED) is 0.769. The number of ether oxygens (including phenoxy) is 2. The van der Waals surface area contributed by atoms with E-state index in [9.17, 15) is 9.90 Å². The summed E-state index contributed by atoms with van der Waals surface area (Å²) in [5, 5.41) is 10.5. The van der Waals surface area contributed by atoms with Crippen LogP contribution in [0.15, 0.2) is 22.7 Å². The SMILES string of the molecule is CCCC(C(=O)OCC)C(O)c1cc(OC)ccc1Br. The number of hydrogen-bond acceptors (Lipinski definition) is 4. The number of methoxy groups -OCH3 is 1. The molecule has 0 aromatic heterocycles. The van der Waals surface area contributed by atoms with Crippen LogP contribution in [0.1, 0.15) is 38.4 Å². The Morgan fingerprint density at radius 2 is 2.10 bits per heavy atom.